The predicted octanol–water partition coefficient (Wildman–Crippen LogP) is 2.71. The van der Waals surface area contributed by atoms with Crippen LogP contribution in [0.5, 0.6) is 0 Å². The normalized spacial score (nSPS) is 9.50. The molecule has 12 heavy (non-hydrogen) atoms. The van der Waals surface area contributed by atoms with Gasteiger partial charge in [-0.15, -0.1) is 11.3 Å². The fraction of sp³-hybridized carbons (Fsp3) is 0.222. The highest BCUT2D eigenvalue weighted by Gasteiger charge is 2.09. The number of aryl methyl sites for hydroxylation is 1. The Bertz CT molecular complexity index is 314. The number of rotatable bonds is 3. The van der Waals surface area contributed by atoms with Crippen molar-refractivity contribution in [2.24, 2.45) is 0 Å². The Balaban J connectivity index is 3.12. The van der Waals surface area contributed by atoms with Gasteiger partial charge in [-0.05, 0) is 13.0 Å². The Labute approximate surface area is 76.2 Å². The zero-order valence-corrected chi connectivity index (χ0v) is 8.07. The van der Waals surface area contributed by atoms with Gasteiger partial charge in [-0.1, -0.05) is 13.2 Å². The lowest BCUT2D eigenvalue weighted by Gasteiger charge is -1.99. The fourth-order valence-electron chi connectivity index (χ4n) is 0.878. The number of hydrogen-bond donors (Lipinski definition) is 0. The van der Waals surface area contributed by atoms with Gasteiger partial charge >= 0.3 is 0 Å². The van der Waals surface area contributed by atoms with E-state index in [2.05, 4.69) is 18.1 Å². The molecule has 3 heteroatoms. The molecule has 0 spiro atoms. The molecule has 0 atom stereocenters. The third kappa shape index (κ3) is 1.56. The van der Waals surface area contributed by atoms with Crippen molar-refractivity contribution in [3.63, 3.8) is 0 Å². The SMILES string of the molecule is C=Cc1sc(C)nc1C(=C)OC. The van der Waals surface area contributed by atoms with Gasteiger partial charge in [0, 0.05) is 0 Å². The van der Waals surface area contributed by atoms with E-state index in [1.807, 2.05) is 6.92 Å². The molecule has 1 aromatic heterocycles. The largest absolute Gasteiger partial charge is 0.495 e. The van der Waals surface area contributed by atoms with Crippen LogP contribution >= 0.6 is 11.3 Å². The molecular formula is C9H11NOS. The summed E-state index contributed by atoms with van der Waals surface area (Å²) in [5.41, 5.74) is 0.801. The first-order valence-corrected chi connectivity index (χ1v) is 4.33. The third-order valence-corrected chi connectivity index (χ3v) is 2.42. The first kappa shape index (κ1) is 9.00. The van der Waals surface area contributed by atoms with Gasteiger partial charge in [0.25, 0.3) is 0 Å². The summed E-state index contributed by atoms with van der Waals surface area (Å²) in [4.78, 5) is 5.29. The molecule has 0 unspecified atom stereocenters. The summed E-state index contributed by atoms with van der Waals surface area (Å²) in [6, 6.07) is 0. The molecule has 64 valence electrons. The van der Waals surface area contributed by atoms with Crippen molar-refractivity contribution < 1.29 is 4.74 Å². The van der Waals surface area contributed by atoms with E-state index in [1.165, 1.54) is 0 Å². The summed E-state index contributed by atoms with van der Waals surface area (Å²) >= 11 is 1.59. The molecule has 0 aliphatic heterocycles. The molecule has 0 amide bonds. The molecule has 0 aliphatic carbocycles. The Morgan fingerprint density at radius 3 is 2.83 bits per heavy atom. The molecule has 0 bridgehead atoms. The van der Waals surface area contributed by atoms with Gasteiger partial charge in [-0.25, -0.2) is 4.98 Å². The summed E-state index contributed by atoms with van der Waals surface area (Å²) in [7, 11) is 1.59. The second kappa shape index (κ2) is 3.54. The van der Waals surface area contributed by atoms with E-state index in [0.717, 1.165) is 15.6 Å². The van der Waals surface area contributed by atoms with E-state index in [1.54, 1.807) is 24.5 Å². The lowest BCUT2D eigenvalue weighted by molar-refractivity contribution is 0.369. The summed E-state index contributed by atoms with van der Waals surface area (Å²) in [5, 5.41) is 0.998. The van der Waals surface area contributed by atoms with Crippen molar-refractivity contribution in [3.8, 4) is 0 Å². The van der Waals surface area contributed by atoms with Gasteiger partial charge in [-0.2, -0.15) is 0 Å². The van der Waals surface area contributed by atoms with Gasteiger partial charge < -0.3 is 4.74 Å². The maximum absolute atomic E-state index is 4.99. The Morgan fingerprint density at radius 2 is 2.33 bits per heavy atom. The van der Waals surface area contributed by atoms with Crippen LogP contribution in [0.25, 0.3) is 11.8 Å². The Hall–Kier alpha value is -1.09. The van der Waals surface area contributed by atoms with Crippen LogP contribution in [0, 0.1) is 6.92 Å². The van der Waals surface area contributed by atoms with Crippen LogP contribution in [-0.2, 0) is 4.74 Å². The third-order valence-electron chi connectivity index (χ3n) is 1.46. The molecule has 0 N–H and O–H groups in total. The number of thiazole rings is 1. The first-order valence-electron chi connectivity index (χ1n) is 3.52. The van der Waals surface area contributed by atoms with Crippen molar-refractivity contribution in [1.29, 1.82) is 0 Å². The van der Waals surface area contributed by atoms with E-state index >= 15 is 0 Å². The minimum Gasteiger partial charge on any atom is -0.495 e. The van der Waals surface area contributed by atoms with Gasteiger partial charge in [-0.3, -0.25) is 0 Å². The number of nitrogens with zero attached hydrogens (tertiary/aromatic N) is 1. The van der Waals surface area contributed by atoms with Crippen molar-refractivity contribution in [3.05, 3.63) is 28.7 Å². The summed E-state index contributed by atoms with van der Waals surface area (Å²) in [6.07, 6.45) is 1.77. The quantitative estimate of drug-likeness (QED) is 0.669. The fourth-order valence-corrected chi connectivity index (χ4v) is 1.67. The first-order chi connectivity index (χ1) is 5.69. The van der Waals surface area contributed by atoms with E-state index in [0.29, 0.717) is 5.76 Å². The van der Waals surface area contributed by atoms with E-state index in [9.17, 15) is 0 Å². The van der Waals surface area contributed by atoms with Gasteiger partial charge in [0.1, 0.15) is 11.5 Å². The number of methoxy groups -OCH3 is 1. The Morgan fingerprint density at radius 1 is 1.67 bits per heavy atom. The topological polar surface area (TPSA) is 22.1 Å². The van der Waals surface area contributed by atoms with Crippen LogP contribution in [0.4, 0.5) is 0 Å². The highest BCUT2D eigenvalue weighted by atomic mass is 32.1. The monoisotopic (exact) mass is 181 g/mol. The van der Waals surface area contributed by atoms with Crippen molar-refractivity contribution in [2.45, 2.75) is 6.92 Å². The maximum atomic E-state index is 4.99. The molecule has 0 saturated heterocycles. The molecule has 1 rings (SSSR count). The van der Waals surface area contributed by atoms with E-state index in [-0.39, 0.29) is 0 Å². The molecule has 0 aliphatic rings. The Kier molecular flexibility index (Phi) is 2.65. The van der Waals surface area contributed by atoms with Crippen LogP contribution in [0.3, 0.4) is 0 Å². The van der Waals surface area contributed by atoms with Crippen molar-refractivity contribution >= 4 is 23.2 Å². The summed E-state index contributed by atoms with van der Waals surface area (Å²) in [5.74, 6) is 0.592. The zero-order valence-electron chi connectivity index (χ0n) is 7.26. The molecule has 0 radical (unpaired) electrons. The van der Waals surface area contributed by atoms with Crippen LogP contribution in [0.15, 0.2) is 13.2 Å². The van der Waals surface area contributed by atoms with Crippen LogP contribution in [0.2, 0.25) is 0 Å². The molecular weight excluding hydrogens is 170 g/mol. The van der Waals surface area contributed by atoms with E-state index < -0.39 is 0 Å². The second-order valence-electron chi connectivity index (χ2n) is 2.28. The summed E-state index contributed by atoms with van der Waals surface area (Å²) < 4.78 is 4.99. The zero-order chi connectivity index (χ0) is 9.14. The average Bonchev–Trinajstić information content (AvgIpc) is 2.45. The average molecular weight is 181 g/mol. The molecule has 2 nitrogen and oxygen atoms in total. The summed E-state index contributed by atoms with van der Waals surface area (Å²) in [6.45, 7) is 9.38. The second-order valence-corrected chi connectivity index (χ2v) is 3.51. The predicted molar refractivity (Wildman–Crippen MR) is 53.0 cm³/mol. The number of ether oxygens (including phenoxy) is 1. The minimum atomic E-state index is 0.592. The van der Waals surface area contributed by atoms with Crippen LogP contribution in [-0.4, -0.2) is 12.1 Å². The minimum absolute atomic E-state index is 0.592. The molecule has 0 saturated carbocycles. The van der Waals surface area contributed by atoms with Crippen molar-refractivity contribution in [2.75, 3.05) is 7.11 Å². The van der Waals surface area contributed by atoms with E-state index in [4.69, 9.17) is 4.74 Å². The number of aromatic nitrogens is 1. The lowest BCUT2D eigenvalue weighted by Crippen LogP contribution is -1.87. The van der Waals surface area contributed by atoms with Crippen molar-refractivity contribution in [1.82, 2.24) is 4.98 Å². The molecule has 0 aromatic carbocycles. The van der Waals surface area contributed by atoms with Gasteiger partial charge in [0.05, 0.1) is 17.0 Å². The molecule has 0 fully saturated rings. The number of hydrogen-bond acceptors (Lipinski definition) is 3. The highest BCUT2D eigenvalue weighted by molar-refractivity contribution is 7.12. The molecule has 1 heterocycles. The van der Waals surface area contributed by atoms with Gasteiger partial charge in [0.2, 0.25) is 0 Å². The highest BCUT2D eigenvalue weighted by Crippen LogP contribution is 2.24. The maximum Gasteiger partial charge on any atom is 0.138 e. The standard InChI is InChI=1S/C9H11NOS/c1-5-8-9(6(2)11-4)10-7(3)12-8/h5H,1-2H2,3-4H3. The lowest BCUT2D eigenvalue weighted by atomic mass is 10.3. The molecule has 1 aromatic rings. The van der Waals surface area contributed by atoms with Crippen LogP contribution < -0.4 is 0 Å². The van der Waals surface area contributed by atoms with Gasteiger partial charge in [0.15, 0.2) is 0 Å². The van der Waals surface area contributed by atoms with Crippen LogP contribution in [0.1, 0.15) is 15.6 Å². The smallest absolute Gasteiger partial charge is 0.138 e.